The summed E-state index contributed by atoms with van der Waals surface area (Å²) in [5, 5.41) is 0. The van der Waals surface area contributed by atoms with E-state index in [9.17, 15) is 17.2 Å². The van der Waals surface area contributed by atoms with Crippen molar-refractivity contribution >= 4 is 10.0 Å². The van der Waals surface area contributed by atoms with Gasteiger partial charge in [-0.1, -0.05) is 24.3 Å². The Balaban J connectivity index is 1.56. The smallest absolute Gasteiger partial charge is 0.243 e. The van der Waals surface area contributed by atoms with E-state index >= 15 is 0 Å². The molecule has 0 radical (unpaired) electrons. The predicted molar refractivity (Wildman–Crippen MR) is 96.5 cm³/mol. The summed E-state index contributed by atoms with van der Waals surface area (Å²) in [7, 11) is -4.07. The van der Waals surface area contributed by atoms with Gasteiger partial charge in [-0.25, -0.2) is 21.9 Å². The summed E-state index contributed by atoms with van der Waals surface area (Å²) in [5.41, 5.74) is 2.60. The Morgan fingerprint density at radius 3 is 2.73 bits per heavy atom. The lowest BCUT2D eigenvalue weighted by molar-refractivity contribution is 0.339. The molecule has 2 aromatic rings. The molecule has 1 unspecified atom stereocenters. The van der Waals surface area contributed by atoms with Gasteiger partial charge in [0.1, 0.15) is 16.5 Å². The normalized spacial score (nSPS) is 18.3. The molecule has 7 heteroatoms. The number of likely N-dealkylation sites (tertiary alicyclic amines) is 1. The van der Waals surface area contributed by atoms with E-state index in [-0.39, 0.29) is 6.54 Å². The Bertz CT molecular complexity index is 887. The molecule has 1 saturated heterocycles. The molecule has 0 spiro atoms. The summed E-state index contributed by atoms with van der Waals surface area (Å²) in [6.45, 7) is 4.52. The lowest BCUT2D eigenvalue weighted by atomic mass is 9.94. The van der Waals surface area contributed by atoms with Crippen molar-refractivity contribution in [2.24, 2.45) is 0 Å². The highest BCUT2D eigenvalue weighted by molar-refractivity contribution is 7.89. The molecule has 4 nitrogen and oxygen atoms in total. The van der Waals surface area contributed by atoms with E-state index < -0.39 is 26.6 Å². The molecule has 1 fully saturated rings. The highest BCUT2D eigenvalue weighted by Crippen LogP contribution is 2.29. The number of halogens is 2. The van der Waals surface area contributed by atoms with Gasteiger partial charge in [0, 0.05) is 19.6 Å². The molecular formula is C19H22F2N2O2S. The fourth-order valence-electron chi connectivity index (χ4n) is 3.43. The van der Waals surface area contributed by atoms with Crippen LogP contribution in [0.3, 0.4) is 0 Å². The van der Waals surface area contributed by atoms with Crippen LogP contribution in [-0.4, -0.2) is 39.5 Å². The predicted octanol–water partition coefficient (Wildman–Crippen LogP) is 3.04. The molecular weight excluding hydrogens is 358 g/mol. The van der Waals surface area contributed by atoms with E-state index in [1.165, 1.54) is 11.1 Å². The van der Waals surface area contributed by atoms with E-state index in [2.05, 4.69) is 28.7 Å². The van der Waals surface area contributed by atoms with Crippen LogP contribution in [0.4, 0.5) is 8.78 Å². The molecule has 2 aromatic carbocycles. The first-order chi connectivity index (χ1) is 12.4. The molecule has 1 atom stereocenters. The summed E-state index contributed by atoms with van der Waals surface area (Å²) in [6, 6.07) is 10.7. The zero-order valence-electron chi connectivity index (χ0n) is 14.6. The van der Waals surface area contributed by atoms with Crippen molar-refractivity contribution in [1.82, 2.24) is 9.62 Å². The highest BCUT2D eigenvalue weighted by Gasteiger charge is 2.25. The zero-order chi connectivity index (χ0) is 18.7. The van der Waals surface area contributed by atoms with E-state index in [1.54, 1.807) is 0 Å². The molecule has 0 bridgehead atoms. The number of sulfonamides is 1. The van der Waals surface area contributed by atoms with Crippen LogP contribution in [0.5, 0.6) is 0 Å². The number of rotatable bonds is 6. The van der Waals surface area contributed by atoms with E-state index in [4.69, 9.17) is 0 Å². The van der Waals surface area contributed by atoms with Crippen molar-refractivity contribution in [3.63, 3.8) is 0 Å². The van der Waals surface area contributed by atoms with Crippen molar-refractivity contribution in [2.45, 2.75) is 24.2 Å². The molecule has 140 valence electrons. The molecule has 0 aliphatic carbocycles. The first-order valence-corrected chi connectivity index (χ1v) is 10.1. The first-order valence-electron chi connectivity index (χ1n) is 8.59. The Labute approximate surface area is 152 Å². The average Bonchev–Trinajstić information content (AvgIpc) is 3.06. The highest BCUT2D eigenvalue weighted by atomic mass is 32.2. The maximum absolute atomic E-state index is 13.7. The van der Waals surface area contributed by atoms with Crippen LogP contribution in [0.15, 0.2) is 47.4 Å². The summed E-state index contributed by atoms with van der Waals surface area (Å²) in [4.78, 5) is 1.53. The van der Waals surface area contributed by atoms with Crippen molar-refractivity contribution in [3.05, 3.63) is 65.2 Å². The van der Waals surface area contributed by atoms with Gasteiger partial charge < -0.3 is 4.90 Å². The summed E-state index contributed by atoms with van der Waals surface area (Å²) in [5.74, 6) is -1.31. The molecule has 0 amide bonds. The summed E-state index contributed by atoms with van der Waals surface area (Å²) in [6.07, 6.45) is 1.02. The Hall–Kier alpha value is -1.83. The van der Waals surface area contributed by atoms with Crippen LogP contribution in [0.1, 0.15) is 23.5 Å². The Kier molecular flexibility index (Phi) is 5.70. The van der Waals surface area contributed by atoms with E-state index in [0.29, 0.717) is 18.5 Å². The monoisotopic (exact) mass is 380 g/mol. The minimum atomic E-state index is -4.07. The van der Waals surface area contributed by atoms with Gasteiger partial charge in [0.15, 0.2) is 0 Å². The van der Waals surface area contributed by atoms with Crippen LogP contribution < -0.4 is 4.72 Å². The third kappa shape index (κ3) is 4.28. The zero-order valence-corrected chi connectivity index (χ0v) is 15.4. The third-order valence-electron chi connectivity index (χ3n) is 4.80. The SMILES string of the molecule is Cc1ccccc1C1CCN(CCNS(=O)(=O)c2cc(F)ccc2F)C1. The Morgan fingerprint density at radius 2 is 1.96 bits per heavy atom. The Morgan fingerprint density at radius 1 is 1.19 bits per heavy atom. The topological polar surface area (TPSA) is 49.4 Å². The van der Waals surface area contributed by atoms with Gasteiger partial charge in [0.05, 0.1) is 0 Å². The lowest BCUT2D eigenvalue weighted by Crippen LogP contribution is -2.34. The molecule has 0 saturated carbocycles. The van der Waals surface area contributed by atoms with Gasteiger partial charge in [0.2, 0.25) is 10.0 Å². The molecule has 1 aliphatic heterocycles. The molecule has 1 aliphatic rings. The van der Waals surface area contributed by atoms with Gasteiger partial charge in [-0.15, -0.1) is 0 Å². The molecule has 26 heavy (non-hydrogen) atoms. The lowest BCUT2D eigenvalue weighted by Gasteiger charge is -2.17. The summed E-state index contributed by atoms with van der Waals surface area (Å²) < 4.78 is 53.6. The number of aryl methyl sites for hydroxylation is 1. The number of hydrogen-bond donors (Lipinski definition) is 1. The van der Waals surface area contributed by atoms with Crippen LogP contribution in [-0.2, 0) is 10.0 Å². The number of benzene rings is 2. The van der Waals surface area contributed by atoms with Crippen molar-refractivity contribution in [1.29, 1.82) is 0 Å². The molecule has 3 rings (SSSR count). The van der Waals surface area contributed by atoms with Crippen molar-refractivity contribution < 1.29 is 17.2 Å². The maximum atomic E-state index is 13.7. The number of hydrogen-bond acceptors (Lipinski definition) is 3. The second kappa shape index (κ2) is 7.82. The fourth-order valence-corrected chi connectivity index (χ4v) is 4.54. The maximum Gasteiger partial charge on any atom is 0.243 e. The van der Waals surface area contributed by atoms with Crippen molar-refractivity contribution in [3.8, 4) is 0 Å². The van der Waals surface area contributed by atoms with Gasteiger partial charge >= 0.3 is 0 Å². The van der Waals surface area contributed by atoms with Gasteiger partial charge in [0.25, 0.3) is 0 Å². The summed E-state index contributed by atoms with van der Waals surface area (Å²) >= 11 is 0. The second-order valence-electron chi connectivity index (χ2n) is 6.62. The van der Waals surface area contributed by atoms with Crippen LogP contribution >= 0.6 is 0 Å². The number of nitrogens with one attached hydrogen (secondary N) is 1. The minimum Gasteiger partial charge on any atom is -0.301 e. The van der Waals surface area contributed by atoms with Gasteiger partial charge in [-0.05, 0) is 55.1 Å². The fraction of sp³-hybridized carbons (Fsp3) is 0.368. The van der Waals surface area contributed by atoms with Crippen LogP contribution in [0, 0.1) is 18.6 Å². The van der Waals surface area contributed by atoms with E-state index in [0.717, 1.165) is 31.6 Å². The second-order valence-corrected chi connectivity index (χ2v) is 8.35. The third-order valence-corrected chi connectivity index (χ3v) is 6.28. The van der Waals surface area contributed by atoms with Gasteiger partial charge in [-0.3, -0.25) is 0 Å². The van der Waals surface area contributed by atoms with Gasteiger partial charge in [-0.2, -0.15) is 0 Å². The minimum absolute atomic E-state index is 0.152. The standard InChI is InChI=1S/C19H22F2N2O2S/c1-14-4-2-3-5-17(14)15-8-10-23(13-15)11-9-22-26(24,25)19-12-16(20)6-7-18(19)21/h2-7,12,15,22H,8-11,13H2,1H3. The molecule has 1 heterocycles. The average molecular weight is 380 g/mol. The number of nitrogens with zero attached hydrogens (tertiary/aromatic N) is 1. The van der Waals surface area contributed by atoms with Crippen LogP contribution in [0.2, 0.25) is 0 Å². The van der Waals surface area contributed by atoms with Crippen LogP contribution in [0.25, 0.3) is 0 Å². The molecule has 0 aromatic heterocycles. The first kappa shape index (κ1) is 18.9. The van der Waals surface area contributed by atoms with Crippen molar-refractivity contribution in [2.75, 3.05) is 26.2 Å². The quantitative estimate of drug-likeness (QED) is 0.838. The largest absolute Gasteiger partial charge is 0.301 e. The molecule has 1 N–H and O–H groups in total. The van der Waals surface area contributed by atoms with E-state index in [1.807, 2.05) is 12.1 Å².